The first-order chi connectivity index (χ1) is 11.0. The van der Waals surface area contributed by atoms with Crippen molar-refractivity contribution in [1.29, 1.82) is 0 Å². The van der Waals surface area contributed by atoms with Gasteiger partial charge in [-0.15, -0.1) is 12.4 Å². The zero-order valence-electron chi connectivity index (χ0n) is 14.2. The van der Waals surface area contributed by atoms with Gasteiger partial charge in [0.1, 0.15) is 0 Å². The number of piperidine rings is 1. The van der Waals surface area contributed by atoms with Crippen LogP contribution in [0.2, 0.25) is 0 Å². The lowest BCUT2D eigenvalue weighted by atomic mass is 9.92. The molecule has 1 saturated heterocycles. The van der Waals surface area contributed by atoms with E-state index in [0.717, 1.165) is 38.0 Å². The predicted molar refractivity (Wildman–Crippen MR) is 97.6 cm³/mol. The molecule has 0 aromatic heterocycles. The number of amides is 2. The van der Waals surface area contributed by atoms with Crippen LogP contribution in [0.25, 0.3) is 0 Å². The van der Waals surface area contributed by atoms with E-state index in [1.54, 1.807) is 24.3 Å². The second-order valence-electron chi connectivity index (χ2n) is 7.06. The van der Waals surface area contributed by atoms with E-state index >= 15 is 0 Å². The SMILES string of the molecule is CC(C)NC(=O)c1ccc(NC(=O)C2CC23CCNCC3)cc1.Cl. The van der Waals surface area contributed by atoms with Gasteiger partial charge in [-0.05, 0) is 75.9 Å². The van der Waals surface area contributed by atoms with Gasteiger partial charge in [-0.2, -0.15) is 0 Å². The number of benzene rings is 1. The normalized spacial score (nSPS) is 21.0. The van der Waals surface area contributed by atoms with Crippen LogP contribution in [0.5, 0.6) is 0 Å². The Balaban J connectivity index is 0.00000208. The van der Waals surface area contributed by atoms with Crippen molar-refractivity contribution < 1.29 is 9.59 Å². The zero-order valence-corrected chi connectivity index (χ0v) is 15.0. The third kappa shape index (κ3) is 4.08. The highest BCUT2D eigenvalue weighted by Gasteiger charge is 2.57. The Morgan fingerprint density at radius 2 is 1.79 bits per heavy atom. The molecule has 1 saturated carbocycles. The van der Waals surface area contributed by atoms with Crippen LogP contribution in [-0.2, 0) is 4.79 Å². The second kappa shape index (κ2) is 7.53. The molecule has 2 fully saturated rings. The molecular formula is C18H26ClN3O2. The van der Waals surface area contributed by atoms with Gasteiger partial charge in [0.25, 0.3) is 5.91 Å². The Bertz CT molecular complexity index is 595. The number of hydrogen-bond acceptors (Lipinski definition) is 3. The molecule has 1 aromatic carbocycles. The molecule has 5 nitrogen and oxygen atoms in total. The van der Waals surface area contributed by atoms with Crippen LogP contribution in [0.1, 0.15) is 43.5 Å². The van der Waals surface area contributed by atoms with Crippen LogP contribution in [0.15, 0.2) is 24.3 Å². The first kappa shape index (κ1) is 18.7. The topological polar surface area (TPSA) is 70.2 Å². The molecule has 2 amide bonds. The average molecular weight is 352 g/mol. The second-order valence-corrected chi connectivity index (χ2v) is 7.06. The standard InChI is InChI=1S/C18H25N3O2.ClH/c1-12(2)20-16(22)13-3-5-14(6-4-13)21-17(23)15-11-18(15)7-9-19-10-8-18;/h3-6,12,15,19H,7-11H2,1-2H3,(H,20,22)(H,21,23);1H. The quantitative estimate of drug-likeness (QED) is 0.780. The molecule has 0 radical (unpaired) electrons. The Morgan fingerprint density at radius 1 is 1.17 bits per heavy atom. The van der Waals surface area contributed by atoms with Crippen LogP contribution < -0.4 is 16.0 Å². The number of anilines is 1. The molecular weight excluding hydrogens is 326 g/mol. The summed E-state index contributed by atoms with van der Waals surface area (Å²) < 4.78 is 0. The van der Waals surface area contributed by atoms with Gasteiger partial charge in [0.15, 0.2) is 0 Å². The minimum atomic E-state index is -0.0891. The summed E-state index contributed by atoms with van der Waals surface area (Å²) in [6, 6.07) is 7.20. The fourth-order valence-corrected chi connectivity index (χ4v) is 3.48. The molecule has 1 atom stereocenters. The molecule has 1 aromatic rings. The molecule has 1 unspecified atom stereocenters. The van der Waals surface area contributed by atoms with Gasteiger partial charge < -0.3 is 16.0 Å². The molecule has 132 valence electrons. The molecule has 1 heterocycles. The fraction of sp³-hybridized carbons (Fsp3) is 0.556. The number of carbonyl (C=O) groups is 2. The van der Waals surface area contributed by atoms with Crippen LogP contribution in [-0.4, -0.2) is 30.9 Å². The van der Waals surface area contributed by atoms with Crippen molar-refractivity contribution in [1.82, 2.24) is 10.6 Å². The van der Waals surface area contributed by atoms with E-state index in [-0.39, 0.29) is 41.6 Å². The maximum Gasteiger partial charge on any atom is 0.251 e. The molecule has 1 aliphatic carbocycles. The zero-order chi connectivity index (χ0) is 16.4. The van der Waals surface area contributed by atoms with Gasteiger partial charge in [-0.1, -0.05) is 0 Å². The van der Waals surface area contributed by atoms with Gasteiger partial charge >= 0.3 is 0 Å². The third-order valence-electron chi connectivity index (χ3n) is 4.94. The molecule has 24 heavy (non-hydrogen) atoms. The average Bonchev–Trinajstić information content (AvgIpc) is 3.21. The largest absolute Gasteiger partial charge is 0.350 e. The van der Waals surface area contributed by atoms with Crippen molar-refractivity contribution in [2.24, 2.45) is 11.3 Å². The van der Waals surface area contributed by atoms with Gasteiger partial charge in [-0.25, -0.2) is 0 Å². The van der Waals surface area contributed by atoms with Gasteiger partial charge in [0.2, 0.25) is 5.91 Å². The molecule has 1 spiro atoms. The van der Waals surface area contributed by atoms with E-state index in [1.165, 1.54) is 0 Å². The highest BCUT2D eigenvalue weighted by molar-refractivity contribution is 5.97. The summed E-state index contributed by atoms with van der Waals surface area (Å²) in [6.07, 6.45) is 3.20. The summed E-state index contributed by atoms with van der Waals surface area (Å²) in [5.74, 6) is 0.175. The van der Waals surface area contributed by atoms with E-state index in [1.807, 2.05) is 13.8 Å². The smallest absolute Gasteiger partial charge is 0.251 e. The van der Waals surface area contributed by atoms with Crippen LogP contribution in [0.4, 0.5) is 5.69 Å². The maximum absolute atomic E-state index is 12.4. The van der Waals surface area contributed by atoms with E-state index in [2.05, 4.69) is 16.0 Å². The molecule has 6 heteroatoms. The minimum Gasteiger partial charge on any atom is -0.350 e. The van der Waals surface area contributed by atoms with Gasteiger partial charge in [0, 0.05) is 23.2 Å². The van der Waals surface area contributed by atoms with Crippen molar-refractivity contribution in [3.05, 3.63) is 29.8 Å². The Labute approximate surface area is 149 Å². The Kier molecular flexibility index (Phi) is 5.88. The summed E-state index contributed by atoms with van der Waals surface area (Å²) in [6.45, 7) is 5.89. The highest BCUT2D eigenvalue weighted by Crippen LogP contribution is 2.58. The summed E-state index contributed by atoms with van der Waals surface area (Å²) >= 11 is 0. The van der Waals surface area contributed by atoms with Crippen LogP contribution >= 0.6 is 12.4 Å². The lowest BCUT2D eigenvalue weighted by Gasteiger charge is -2.23. The van der Waals surface area contributed by atoms with E-state index in [4.69, 9.17) is 0 Å². The molecule has 2 aliphatic rings. The summed E-state index contributed by atoms with van der Waals surface area (Å²) in [7, 11) is 0. The minimum absolute atomic E-state index is 0. The number of hydrogen-bond donors (Lipinski definition) is 3. The molecule has 1 aliphatic heterocycles. The summed E-state index contributed by atoms with van der Waals surface area (Å²) in [4.78, 5) is 24.3. The van der Waals surface area contributed by atoms with Crippen molar-refractivity contribution in [2.75, 3.05) is 18.4 Å². The number of carbonyl (C=O) groups excluding carboxylic acids is 2. The van der Waals surface area contributed by atoms with E-state index in [9.17, 15) is 9.59 Å². The predicted octanol–water partition coefficient (Wildman–Crippen LogP) is 2.57. The van der Waals surface area contributed by atoms with Gasteiger partial charge in [0.05, 0.1) is 0 Å². The Hall–Kier alpha value is -1.59. The lowest BCUT2D eigenvalue weighted by Crippen LogP contribution is -2.31. The van der Waals surface area contributed by atoms with Crippen molar-refractivity contribution >= 4 is 29.9 Å². The summed E-state index contributed by atoms with van der Waals surface area (Å²) in [5.41, 5.74) is 1.61. The van der Waals surface area contributed by atoms with Crippen LogP contribution in [0.3, 0.4) is 0 Å². The van der Waals surface area contributed by atoms with Crippen molar-refractivity contribution in [3.63, 3.8) is 0 Å². The first-order valence-corrected chi connectivity index (χ1v) is 8.43. The summed E-state index contributed by atoms with van der Waals surface area (Å²) in [5, 5.41) is 9.20. The monoisotopic (exact) mass is 351 g/mol. The number of nitrogens with one attached hydrogen (secondary N) is 3. The maximum atomic E-state index is 12.4. The lowest BCUT2D eigenvalue weighted by molar-refractivity contribution is -0.118. The van der Waals surface area contributed by atoms with Crippen molar-refractivity contribution in [2.45, 2.75) is 39.2 Å². The molecule has 3 rings (SSSR count). The molecule has 3 N–H and O–H groups in total. The van der Waals surface area contributed by atoms with Crippen molar-refractivity contribution in [3.8, 4) is 0 Å². The number of halogens is 1. The Morgan fingerprint density at radius 3 is 2.38 bits per heavy atom. The fourth-order valence-electron chi connectivity index (χ4n) is 3.48. The van der Waals surface area contributed by atoms with Crippen LogP contribution in [0, 0.1) is 11.3 Å². The molecule has 0 bridgehead atoms. The first-order valence-electron chi connectivity index (χ1n) is 8.43. The van der Waals surface area contributed by atoms with Gasteiger partial charge in [-0.3, -0.25) is 9.59 Å². The number of rotatable bonds is 4. The third-order valence-corrected chi connectivity index (χ3v) is 4.94. The highest BCUT2D eigenvalue weighted by atomic mass is 35.5. The van der Waals surface area contributed by atoms with E-state index in [0.29, 0.717) is 5.56 Å². The van der Waals surface area contributed by atoms with E-state index < -0.39 is 0 Å².